The zero-order valence-corrected chi connectivity index (χ0v) is 9.21. The molecule has 1 aromatic carbocycles. The van der Waals surface area contributed by atoms with Crippen LogP contribution in [0.3, 0.4) is 0 Å². The lowest BCUT2D eigenvalue weighted by Crippen LogP contribution is -2.02. The number of alkyl halides is 1. The first-order valence-electron chi connectivity index (χ1n) is 5.71. The molecule has 0 unspecified atom stereocenters. The van der Waals surface area contributed by atoms with Crippen LogP contribution in [0.4, 0.5) is 4.39 Å². The maximum atomic E-state index is 12.0. The third-order valence-electron chi connectivity index (χ3n) is 2.60. The SMILES string of the molecule is NCCCc1ccccc1CCCCF. The number of aryl methyl sites for hydroxylation is 2. The molecule has 0 aliphatic heterocycles. The van der Waals surface area contributed by atoms with Crippen LogP contribution in [0.2, 0.25) is 0 Å². The summed E-state index contributed by atoms with van der Waals surface area (Å²) >= 11 is 0. The number of halogens is 1. The second kappa shape index (κ2) is 7.41. The first-order chi connectivity index (χ1) is 7.38. The summed E-state index contributed by atoms with van der Waals surface area (Å²) in [5.41, 5.74) is 8.24. The lowest BCUT2D eigenvalue weighted by atomic mass is 9.99. The predicted octanol–water partition coefficient (Wildman–Crippen LogP) is 2.87. The summed E-state index contributed by atoms with van der Waals surface area (Å²) in [6.45, 7) is 0.532. The second-order valence-electron chi connectivity index (χ2n) is 3.81. The van der Waals surface area contributed by atoms with Crippen molar-refractivity contribution in [3.05, 3.63) is 35.4 Å². The van der Waals surface area contributed by atoms with Gasteiger partial charge in [-0.2, -0.15) is 0 Å². The van der Waals surface area contributed by atoms with E-state index >= 15 is 0 Å². The van der Waals surface area contributed by atoms with E-state index in [0.717, 1.165) is 32.2 Å². The van der Waals surface area contributed by atoms with Crippen molar-refractivity contribution in [1.29, 1.82) is 0 Å². The highest BCUT2D eigenvalue weighted by atomic mass is 19.1. The molecule has 0 amide bonds. The largest absolute Gasteiger partial charge is 0.330 e. The standard InChI is InChI=1S/C13H20FN/c14-10-4-3-8-12-6-1-2-7-13(12)9-5-11-15/h1-2,6-7H,3-5,8-11,15H2. The van der Waals surface area contributed by atoms with Crippen molar-refractivity contribution >= 4 is 0 Å². The number of unbranched alkanes of at least 4 members (excludes halogenated alkanes) is 1. The average Bonchev–Trinajstić information content (AvgIpc) is 2.28. The van der Waals surface area contributed by atoms with Gasteiger partial charge in [0.2, 0.25) is 0 Å². The fraction of sp³-hybridized carbons (Fsp3) is 0.538. The highest BCUT2D eigenvalue weighted by Crippen LogP contribution is 2.13. The molecule has 0 aliphatic carbocycles. The van der Waals surface area contributed by atoms with E-state index in [9.17, 15) is 4.39 Å². The molecule has 1 rings (SSSR count). The van der Waals surface area contributed by atoms with E-state index in [4.69, 9.17) is 5.73 Å². The molecule has 0 fully saturated rings. The van der Waals surface area contributed by atoms with Crippen molar-refractivity contribution in [2.45, 2.75) is 32.1 Å². The Hall–Kier alpha value is -0.890. The molecule has 0 spiro atoms. The molecule has 0 heterocycles. The van der Waals surface area contributed by atoms with Gasteiger partial charge >= 0.3 is 0 Å². The van der Waals surface area contributed by atoms with Crippen LogP contribution in [-0.2, 0) is 12.8 Å². The summed E-state index contributed by atoms with van der Waals surface area (Å²) in [5.74, 6) is 0. The number of benzene rings is 1. The monoisotopic (exact) mass is 209 g/mol. The summed E-state index contributed by atoms with van der Waals surface area (Å²) in [6, 6.07) is 8.41. The Balaban J connectivity index is 2.52. The van der Waals surface area contributed by atoms with Crippen LogP contribution in [0, 0.1) is 0 Å². The zero-order valence-electron chi connectivity index (χ0n) is 9.21. The van der Waals surface area contributed by atoms with Crippen LogP contribution >= 0.6 is 0 Å². The summed E-state index contributed by atoms with van der Waals surface area (Å²) < 4.78 is 12.0. The Morgan fingerprint density at radius 2 is 1.53 bits per heavy atom. The quantitative estimate of drug-likeness (QED) is 0.687. The molecule has 2 N–H and O–H groups in total. The van der Waals surface area contributed by atoms with Crippen LogP contribution in [0.5, 0.6) is 0 Å². The van der Waals surface area contributed by atoms with Crippen molar-refractivity contribution in [3.63, 3.8) is 0 Å². The van der Waals surface area contributed by atoms with Crippen molar-refractivity contribution in [1.82, 2.24) is 0 Å². The molecule has 15 heavy (non-hydrogen) atoms. The fourth-order valence-electron chi connectivity index (χ4n) is 1.75. The van der Waals surface area contributed by atoms with Gasteiger partial charge in [-0.15, -0.1) is 0 Å². The topological polar surface area (TPSA) is 26.0 Å². The smallest absolute Gasteiger partial charge is 0.0894 e. The molecular formula is C13H20FN. The van der Waals surface area contributed by atoms with E-state index < -0.39 is 0 Å². The van der Waals surface area contributed by atoms with Crippen molar-refractivity contribution < 1.29 is 4.39 Å². The highest BCUT2D eigenvalue weighted by Gasteiger charge is 2.00. The van der Waals surface area contributed by atoms with Crippen LogP contribution in [-0.4, -0.2) is 13.2 Å². The molecule has 0 radical (unpaired) electrons. The summed E-state index contributed by atoms with van der Waals surface area (Å²) in [4.78, 5) is 0. The van der Waals surface area contributed by atoms with Gasteiger partial charge in [0.15, 0.2) is 0 Å². The van der Waals surface area contributed by atoms with Crippen LogP contribution < -0.4 is 5.73 Å². The summed E-state index contributed by atoms with van der Waals surface area (Å²) in [7, 11) is 0. The van der Waals surface area contributed by atoms with E-state index in [2.05, 4.69) is 24.3 Å². The molecule has 0 aliphatic rings. The molecule has 0 atom stereocenters. The highest BCUT2D eigenvalue weighted by molar-refractivity contribution is 5.27. The van der Waals surface area contributed by atoms with Gasteiger partial charge in [0.05, 0.1) is 6.67 Å². The molecular weight excluding hydrogens is 189 g/mol. The lowest BCUT2D eigenvalue weighted by Gasteiger charge is -2.08. The Morgan fingerprint density at radius 1 is 0.933 bits per heavy atom. The first kappa shape index (κ1) is 12.2. The van der Waals surface area contributed by atoms with Crippen LogP contribution in [0.25, 0.3) is 0 Å². The molecule has 1 aromatic rings. The Kier molecular flexibility index (Phi) is 6.02. The Labute approximate surface area is 91.5 Å². The maximum Gasteiger partial charge on any atom is 0.0894 e. The normalized spacial score (nSPS) is 10.5. The van der Waals surface area contributed by atoms with Gasteiger partial charge in [0.25, 0.3) is 0 Å². The number of hydrogen-bond acceptors (Lipinski definition) is 1. The Morgan fingerprint density at radius 3 is 2.07 bits per heavy atom. The summed E-state index contributed by atoms with van der Waals surface area (Å²) in [6.07, 6.45) is 4.68. The third kappa shape index (κ3) is 4.43. The minimum absolute atomic E-state index is 0.203. The maximum absolute atomic E-state index is 12.0. The van der Waals surface area contributed by atoms with Gasteiger partial charge in [-0.25, -0.2) is 0 Å². The minimum atomic E-state index is -0.203. The summed E-state index contributed by atoms with van der Waals surface area (Å²) in [5, 5.41) is 0. The average molecular weight is 209 g/mol. The lowest BCUT2D eigenvalue weighted by molar-refractivity contribution is 0.462. The minimum Gasteiger partial charge on any atom is -0.330 e. The molecule has 0 bridgehead atoms. The van der Waals surface area contributed by atoms with Gasteiger partial charge in [-0.1, -0.05) is 24.3 Å². The predicted molar refractivity (Wildman–Crippen MR) is 62.7 cm³/mol. The molecule has 0 saturated carbocycles. The Bertz CT molecular complexity index is 273. The van der Waals surface area contributed by atoms with E-state index in [1.54, 1.807) is 0 Å². The van der Waals surface area contributed by atoms with E-state index in [1.165, 1.54) is 11.1 Å². The zero-order chi connectivity index (χ0) is 10.9. The number of hydrogen-bond donors (Lipinski definition) is 1. The molecule has 1 nitrogen and oxygen atoms in total. The van der Waals surface area contributed by atoms with E-state index in [0.29, 0.717) is 6.42 Å². The van der Waals surface area contributed by atoms with E-state index in [1.807, 2.05) is 0 Å². The van der Waals surface area contributed by atoms with Gasteiger partial charge in [-0.3, -0.25) is 4.39 Å². The van der Waals surface area contributed by atoms with Crippen LogP contribution in [0.15, 0.2) is 24.3 Å². The molecule has 0 saturated heterocycles. The van der Waals surface area contributed by atoms with Gasteiger partial charge in [0, 0.05) is 0 Å². The first-order valence-corrected chi connectivity index (χ1v) is 5.71. The number of nitrogens with two attached hydrogens (primary N) is 1. The van der Waals surface area contributed by atoms with Crippen molar-refractivity contribution in [2.24, 2.45) is 5.73 Å². The van der Waals surface area contributed by atoms with Crippen molar-refractivity contribution in [3.8, 4) is 0 Å². The van der Waals surface area contributed by atoms with Gasteiger partial charge in [0.1, 0.15) is 0 Å². The van der Waals surface area contributed by atoms with E-state index in [-0.39, 0.29) is 6.67 Å². The van der Waals surface area contributed by atoms with Crippen LogP contribution in [0.1, 0.15) is 30.4 Å². The molecule has 84 valence electrons. The molecule has 2 heteroatoms. The second-order valence-corrected chi connectivity index (χ2v) is 3.81. The fourth-order valence-corrected chi connectivity index (χ4v) is 1.75. The van der Waals surface area contributed by atoms with Crippen molar-refractivity contribution in [2.75, 3.05) is 13.2 Å². The van der Waals surface area contributed by atoms with Gasteiger partial charge < -0.3 is 5.73 Å². The molecule has 0 aromatic heterocycles. The van der Waals surface area contributed by atoms with Gasteiger partial charge in [-0.05, 0) is 49.8 Å². The number of rotatable bonds is 7. The third-order valence-corrected chi connectivity index (χ3v) is 2.60.